The molecule has 0 aliphatic carbocycles. The van der Waals surface area contributed by atoms with Crippen LogP contribution in [0.3, 0.4) is 0 Å². The number of aliphatic hydroxyl groups excluding tert-OH is 1. The SMILES string of the molecule is CC1(C)CCN(c2ccccc2Cl)CC1CO. The Morgan fingerprint density at radius 1 is 1.41 bits per heavy atom. The quantitative estimate of drug-likeness (QED) is 0.875. The second kappa shape index (κ2) is 4.87. The number of para-hydroxylation sites is 1. The summed E-state index contributed by atoms with van der Waals surface area (Å²) >= 11 is 6.22. The van der Waals surface area contributed by atoms with Crippen LogP contribution in [0.25, 0.3) is 0 Å². The van der Waals surface area contributed by atoms with E-state index in [9.17, 15) is 5.11 Å². The average molecular weight is 254 g/mol. The Morgan fingerprint density at radius 2 is 2.12 bits per heavy atom. The molecule has 1 aromatic carbocycles. The standard InChI is InChI=1S/C14H20ClNO/c1-14(2)7-8-16(9-11(14)10-17)13-6-4-3-5-12(13)15/h3-6,11,17H,7-10H2,1-2H3. The molecular formula is C14H20ClNO. The maximum Gasteiger partial charge on any atom is 0.0639 e. The molecule has 1 N–H and O–H groups in total. The molecule has 0 radical (unpaired) electrons. The van der Waals surface area contributed by atoms with Crippen LogP contribution < -0.4 is 4.90 Å². The molecule has 1 heterocycles. The summed E-state index contributed by atoms with van der Waals surface area (Å²) in [5, 5.41) is 10.3. The molecule has 3 heteroatoms. The fourth-order valence-electron chi connectivity index (χ4n) is 2.46. The van der Waals surface area contributed by atoms with Gasteiger partial charge in [-0.3, -0.25) is 0 Å². The Hall–Kier alpha value is -0.730. The van der Waals surface area contributed by atoms with Gasteiger partial charge >= 0.3 is 0 Å². The number of hydrogen-bond acceptors (Lipinski definition) is 2. The van der Waals surface area contributed by atoms with Crippen molar-refractivity contribution in [3.05, 3.63) is 29.3 Å². The molecule has 0 spiro atoms. The summed E-state index contributed by atoms with van der Waals surface area (Å²) in [6, 6.07) is 7.93. The van der Waals surface area contributed by atoms with Crippen LogP contribution in [0.1, 0.15) is 20.3 Å². The minimum absolute atomic E-state index is 0.215. The summed E-state index contributed by atoms with van der Waals surface area (Å²) in [5.41, 5.74) is 1.30. The van der Waals surface area contributed by atoms with Crippen molar-refractivity contribution >= 4 is 17.3 Å². The maximum absolute atomic E-state index is 9.50. The lowest BCUT2D eigenvalue weighted by Crippen LogP contribution is -2.46. The van der Waals surface area contributed by atoms with Gasteiger partial charge in [-0.05, 0) is 24.0 Å². The van der Waals surface area contributed by atoms with Gasteiger partial charge in [-0.25, -0.2) is 0 Å². The highest BCUT2D eigenvalue weighted by Crippen LogP contribution is 2.38. The molecule has 0 aromatic heterocycles. The summed E-state index contributed by atoms with van der Waals surface area (Å²) in [7, 11) is 0. The maximum atomic E-state index is 9.50. The molecule has 1 aliphatic heterocycles. The smallest absolute Gasteiger partial charge is 0.0639 e. The minimum atomic E-state index is 0.215. The zero-order chi connectivity index (χ0) is 12.5. The molecule has 1 atom stereocenters. The third kappa shape index (κ3) is 2.58. The monoisotopic (exact) mass is 253 g/mol. The van der Waals surface area contributed by atoms with Crippen molar-refractivity contribution in [1.29, 1.82) is 0 Å². The Labute approximate surface area is 108 Å². The van der Waals surface area contributed by atoms with E-state index in [2.05, 4.69) is 24.8 Å². The molecule has 2 rings (SSSR count). The van der Waals surface area contributed by atoms with Crippen LogP contribution in [-0.2, 0) is 0 Å². The Morgan fingerprint density at radius 3 is 2.76 bits per heavy atom. The lowest BCUT2D eigenvalue weighted by molar-refractivity contribution is 0.0968. The van der Waals surface area contributed by atoms with E-state index < -0.39 is 0 Å². The summed E-state index contributed by atoms with van der Waals surface area (Å²) < 4.78 is 0. The molecule has 1 aliphatic rings. The van der Waals surface area contributed by atoms with Gasteiger partial charge in [0.25, 0.3) is 0 Å². The molecule has 1 unspecified atom stereocenters. The summed E-state index contributed by atoms with van der Waals surface area (Å²) in [6.45, 7) is 6.60. The topological polar surface area (TPSA) is 23.5 Å². The molecular weight excluding hydrogens is 234 g/mol. The lowest BCUT2D eigenvalue weighted by Gasteiger charge is -2.44. The summed E-state index contributed by atoms with van der Waals surface area (Å²) in [6.07, 6.45) is 1.09. The third-order valence-corrected chi connectivity index (χ3v) is 4.31. The number of anilines is 1. The first-order chi connectivity index (χ1) is 8.04. The van der Waals surface area contributed by atoms with Crippen molar-refractivity contribution in [3.63, 3.8) is 0 Å². The van der Waals surface area contributed by atoms with Crippen LogP contribution in [0, 0.1) is 11.3 Å². The van der Waals surface area contributed by atoms with Crippen LogP contribution >= 0.6 is 11.6 Å². The number of rotatable bonds is 2. The van der Waals surface area contributed by atoms with Crippen LogP contribution in [-0.4, -0.2) is 24.8 Å². The zero-order valence-electron chi connectivity index (χ0n) is 10.5. The van der Waals surface area contributed by atoms with E-state index in [1.54, 1.807) is 0 Å². The van der Waals surface area contributed by atoms with Gasteiger partial charge in [0.2, 0.25) is 0 Å². The van der Waals surface area contributed by atoms with Gasteiger partial charge < -0.3 is 10.0 Å². The predicted octanol–water partition coefficient (Wildman–Crippen LogP) is 3.18. The summed E-state index contributed by atoms with van der Waals surface area (Å²) in [5.74, 6) is 0.313. The first kappa shape index (κ1) is 12.7. The van der Waals surface area contributed by atoms with E-state index in [-0.39, 0.29) is 12.0 Å². The van der Waals surface area contributed by atoms with E-state index in [1.165, 1.54) is 0 Å². The van der Waals surface area contributed by atoms with Crippen molar-refractivity contribution in [3.8, 4) is 0 Å². The van der Waals surface area contributed by atoms with Crippen LogP contribution in [0.2, 0.25) is 5.02 Å². The molecule has 94 valence electrons. The first-order valence-electron chi connectivity index (χ1n) is 6.15. The molecule has 1 fully saturated rings. The van der Waals surface area contributed by atoms with Crippen molar-refractivity contribution in [2.45, 2.75) is 20.3 Å². The molecule has 1 aromatic rings. The number of nitrogens with zero attached hydrogens (tertiary/aromatic N) is 1. The molecule has 0 amide bonds. The van der Waals surface area contributed by atoms with Crippen LogP contribution in [0.15, 0.2) is 24.3 Å². The van der Waals surface area contributed by atoms with Gasteiger partial charge in [0, 0.05) is 25.6 Å². The first-order valence-corrected chi connectivity index (χ1v) is 6.53. The van der Waals surface area contributed by atoms with E-state index in [0.717, 1.165) is 30.2 Å². The molecule has 0 bridgehead atoms. The largest absolute Gasteiger partial charge is 0.396 e. The van der Waals surface area contributed by atoms with Gasteiger partial charge in [-0.2, -0.15) is 0 Å². The Kier molecular flexibility index (Phi) is 3.64. The van der Waals surface area contributed by atoms with Gasteiger partial charge in [0.1, 0.15) is 0 Å². The number of halogens is 1. The van der Waals surface area contributed by atoms with E-state index in [1.807, 2.05) is 18.2 Å². The normalized spacial score (nSPS) is 23.8. The van der Waals surface area contributed by atoms with Crippen molar-refractivity contribution in [2.24, 2.45) is 11.3 Å². The van der Waals surface area contributed by atoms with Crippen molar-refractivity contribution < 1.29 is 5.11 Å². The average Bonchev–Trinajstić information content (AvgIpc) is 2.30. The minimum Gasteiger partial charge on any atom is -0.396 e. The number of benzene rings is 1. The number of aliphatic hydroxyl groups is 1. The predicted molar refractivity (Wildman–Crippen MR) is 72.6 cm³/mol. The van der Waals surface area contributed by atoms with E-state index in [4.69, 9.17) is 11.6 Å². The molecule has 2 nitrogen and oxygen atoms in total. The van der Waals surface area contributed by atoms with Gasteiger partial charge in [0.15, 0.2) is 0 Å². The second-order valence-corrected chi connectivity index (χ2v) is 5.92. The third-order valence-electron chi connectivity index (χ3n) is 3.99. The van der Waals surface area contributed by atoms with E-state index in [0.29, 0.717) is 5.92 Å². The van der Waals surface area contributed by atoms with Gasteiger partial charge in [0.05, 0.1) is 10.7 Å². The van der Waals surface area contributed by atoms with E-state index >= 15 is 0 Å². The highest BCUT2D eigenvalue weighted by atomic mass is 35.5. The van der Waals surface area contributed by atoms with Crippen molar-refractivity contribution in [1.82, 2.24) is 0 Å². The van der Waals surface area contributed by atoms with Crippen LogP contribution in [0.5, 0.6) is 0 Å². The lowest BCUT2D eigenvalue weighted by atomic mass is 9.73. The van der Waals surface area contributed by atoms with Gasteiger partial charge in [-0.1, -0.05) is 37.6 Å². The van der Waals surface area contributed by atoms with Crippen molar-refractivity contribution in [2.75, 3.05) is 24.6 Å². The fraction of sp³-hybridized carbons (Fsp3) is 0.571. The highest BCUT2D eigenvalue weighted by Gasteiger charge is 2.35. The fourth-order valence-corrected chi connectivity index (χ4v) is 2.72. The summed E-state index contributed by atoms with van der Waals surface area (Å²) in [4.78, 5) is 2.29. The second-order valence-electron chi connectivity index (χ2n) is 5.52. The molecule has 17 heavy (non-hydrogen) atoms. The van der Waals surface area contributed by atoms with Gasteiger partial charge in [-0.15, -0.1) is 0 Å². The molecule has 0 saturated carbocycles. The Bertz CT molecular complexity index is 392. The highest BCUT2D eigenvalue weighted by molar-refractivity contribution is 6.33. The zero-order valence-corrected chi connectivity index (χ0v) is 11.2. The Balaban J connectivity index is 2.18. The number of hydrogen-bond donors (Lipinski definition) is 1. The molecule has 1 saturated heterocycles. The number of piperidine rings is 1. The van der Waals surface area contributed by atoms with Crippen LogP contribution in [0.4, 0.5) is 5.69 Å².